The van der Waals surface area contributed by atoms with E-state index in [2.05, 4.69) is 10.1 Å². The molecule has 4 rings (SSSR count). The second-order valence-corrected chi connectivity index (χ2v) is 6.29. The Hall–Kier alpha value is -3.18. The van der Waals surface area contributed by atoms with Crippen LogP contribution in [0.3, 0.4) is 0 Å². The first-order valence-corrected chi connectivity index (χ1v) is 8.23. The third-order valence-corrected chi connectivity index (χ3v) is 4.35. The molecule has 1 aliphatic rings. The molecule has 3 aromatic rings. The first kappa shape index (κ1) is 18.2. The Balaban J connectivity index is 1.68. The monoisotopic (exact) mass is 392 g/mol. The fourth-order valence-electron chi connectivity index (χ4n) is 3.06. The van der Waals surface area contributed by atoms with Crippen LogP contribution < -0.4 is 5.01 Å². The molecule has 0 radical (unpaired) electrons. The van der Waals surface area contributed by atoms with E-state index in [0.717, 1.165) is 15.7 Å². The zero-order valence-electron chi connectivity index (χ0n) is 14.6. The molecule has 1 aliphatic heterocycles. The highest BCUT2D eigenvalue weighted by molar-refractivity contribution is 5.95. The summed E-state index contributed by atoms with van der Waals surface area (Å²) in [5.41, 5.74) is 1.69. The van der Waals surface area contributed by atoms with Crippen molar-refractivity contribution in [2.45, 2.75) is 12.5 Å². The molecular weight excluding hydrogens is 377 g/mol. The summed E-state index contributed by atoms with van der Waals surface area (Å²) in [6.45, 7) is -1.55. The zero-order chi connectivity index (χ0) is 20.1. The van der Waals surface area contributed by atoms with Gasteiger partial charge in [0, 0.05) is 24.8 Å². The van der Waals surface area contributed by atoms with Crippen molar-refractivity contribution in [2.24, 2.45) is 0 Å². The van der Waals surface area contributed by atoms with Gasteiger partial charge in [-0.25, -0.2) is 14.5 Å². The van der Waals surface area contributed by atoms with Crippen molar-refractivity contribution in [3.63, 3.8) is 0 Å². The minimum atomic E-state index is -4.62. The molecule has 0 aliphatic carbocycles. The van der Waals surface area contributed by atoms with Gasteiger partial charge in [-0.05, 0) is 30.3 Å². The third-order valence-electron chi connectivity index (χ3n) is 4.35. The average molecular weight is 392 g/mol. The van der Waals surface area contributed by atoms with Crippen LogP contribution in [-0.4, -0.2) is 61.9 Å². The third kappa shape index (κ3) is 3.14. The molecule has 3 heterocycles. The fourth-order valence-corrected chi connectivity index (χ4v) is 3.06. The van der Waals surface area contributed by atoms with Crippen molar-refractivity contribution in [2.75, 3.05) is 18.6 Å². The summed E-state index contributed by atoms with van der Waals surface area (Å²) in [7, 11) is 1.34. The lowest BCUT2D eigenvalue weighted by atomic mass is 10.2. The summed E-state index contributed by atoms with van der Waals surface area (Å²) in [5.74, 6) is 0. The molecule has 2 amide bonds. The van der Waals surface area contributed by atoms with Crippen LogP contribution in [0, 0.1) is 0 Å². The van der Waals surface area contributed by atoms with Crippen LogP contribution in [0.2, 0.25) is 0 Å². The Morgan fingerprint density at radius 2 is 2.00 bits per heavy atom. The van der Waals surface area contributed by atoms with Gasteiger partial charge in [0.1, 0.15) is 6.54 Å². The van der Waals surface area contributed by atoms with E-state index in [1.54, 1.807) is 47.5 Å². The van der Waals surface area contributed by atoms with Gasteiger partial charge in [0.15, 0.2) is 0 Å². The van der Waals surface area contributed by atoms with E-state index >= 15 is 0 Å². The number of benzene rings is 1. The SMILES string of the molecule is CN1C(O)N(CC(F)(F)F)C(=O)N1c1ccc2nn(-c3cccnc3)cc2c1. The van der Waals surface area contributed by atoms with Crippen LogP contribution in [-0.2, 0) is 0 Å². The topological polar surface area (TPSA) is 77.7 Å². The van der Waals surface area contributed by atoms with E-state index in [4.69, 9.17) is 0 Å². The number of urea groups is 1. The number of nitrogens with zero attached hydrogens (tertiary/aromatic N) is 6. The molecule has 146 valence electrons. The second-order valence-electron chi connectivity index (χ2n) is 6.29. The molecule has 1 saturated heterocycles. The Bertz CT molecular complexity index is 1020. The molecule has 11 heteroatoms. The van der Waals surface area contributed by atoms with E-state index in [9.17, 15) is 23.1 Å². The first-order valence-electron chi connectivity index (χ1n) is 8.23. The highest BCUT2D eigenvalue weighted by atomic mass is 19.4. The number of pyridine rings is 1. The van der Waals surface area contributed by atoms with Crippen molar-refractivity contribution in [3.05, 3.63) is 48.9 Å². The number of fused-ring (bicyclic) bond motifs is 1. The zero-order valence-corrected chi connectivity index (χ0v) is 14.6. The van der Waals surface area contributed by atoms with Gasteiger partial charge in [0.2, 0.25) is 6.35 Å². The quantitative estimate of drug-likeness (QED) is 0.741. The number of hydrogen-bond acceptors (Lipinski definition) is 5. The Kier molecular flexibility index (Phi) is 4.20. The Morgan fingerprint density at radius 1 is 1.21 bits per heavy atom. The number of aromatic nitrogens is 3. The van der Waals surface area contributed by atoms with Crippen molar-refractivity contribution in [1.29, 1.82) is 0 Å². The highest BCUT2D eigenvalue weighted by Crippen LogP contribution is 2.31. The van der Waals surface area contributed by atoms with Gasteiger partial charge in [0.25, 0.3) is 0 Å². The maximum absolute atomic E-state index is 12.7. The molecule has 1 atom stereocenters. The number of aliphatic hydroxyl groups excluding tert-OH is 1. The largest absolute Gasteiger partial charge is 0.406 e. The van der Waals surface area contributed by atoms with Gasteiger partial charge >= 0.3 is 12.2 Å². The van der Waals surface area contributed by atoms with Crippen LogP contribution >= 0.6 is 0 Å². The van der Waals surface area contributed by atoms with Gasteiger partial charge in [-0.15, -0.1) is 0 Å². The van der Waals surface area contributed by atoms with E-state index in [1.807, 2.05) is 6.07 Å². The summed E-state index contributed by atoms with van der Waals surface area (Å²) in [6, 6.07) is 7.45. The van der Waals surface area contributed by atoms with Gasteiger partial charge in [-0.1, -0.05) is 0 Å². The Morgan fingerprint density at radius 3 is 2.68 bits per heavy atom. The van der Waals surface area contributed by atoms with Crippen molar-refractivity contribution < 1.29 is 23.1 Å². The highest BCUT2D eigenvalue weighted by Gasteiger charge is 2.47. The predicted molar refractivity (Wildman–Crippen MR) is 93.3 cm³/mol. The van der Waals surface area contributed by atoms with Crippen molar-refractivity contribution in [3.8, 4) is 5.69 Å². The Labute approximate surface area is 157 Å². The molecule has 0 saturated carbocycles. The molecule has 2 aromatic heterocycles. The smallest absolute Gasteiger partial charge is 0.359 e. The van der Waals surface area contributed by atoms with Crippen molar-refractivity contribution >= 4 is 22.6 Å². The minimum Gasteiger partial charge on any atom is -0.359 e. The number of alkyl halides is 3. The summed E-state index contributed by atoms with van der Waals surface area (Å²) in [4.78, 5) is 16.9. The lowest BCUT2D eigenvalue weighted by molar-refractivity contribution is -0.162. The molecule has 1 aromatic carbocycles. The number of carbonyl (C=O) groups is 1. The van der Waals surface area contributed by atoms with E-state index in [1.165, 1.54) is 7.05 Å². The van der Waals surface area contributed by atoms with Crippen LogP contribution in [0.15, 0.2) is 48.9 Å². The van der Waals surface area contributed by atoms with Gasteiger partial charge in [0.05, 0.1) is 23.1 Å². The van der Waals surface area contributed by atoms with Gasteiger partial charge in [-0.3, -0.25) is 9.88 Å². The number of hydrazine groups is 1. The lowest BCUT2D eigenvalue weighted by Gasteiger charge is -2.23. The predicted octanol–water partition coefficient (Wildman–Crippen LogP) is 2.35. The first-order chi connectivity index (χ1) is 13.2. The number of amides is 2. The van der Waals surface area contributed by atoms with E-state index in [0.29, 0.717) is 21.5 Å². The number of hydrogen-bond donors (Lipinski definition) is 1. The number of carbonyl (C=O) groups excluding carboxylic acids is 1. The molecule has 28 heavy (non-hydrogen) atoms. The lowest BCUT2D eigenvalue weighted by Crippen LogP contribution is -2.43. The molecule has 0 bridgehead atoms. The number of aliphatic hydroxyl groups is 1. The summed E-state index contributed by atoms with van der Waals surface area (Å²) in [5, 5.41) is 17.2. The normalized spacial score (nSPS) is 18.5. The molecule has 8 nitrogen and oxygen atoms in total. The molecule has 1 N–H and O–H groups in total. The number of rotatable bonds is 3. The summed E-state index contributed by atoms with van der Waals surface area (Å²) in [6.07, 6.45) is -1.35. The summed E-state index contributed by atoms with van der Waals surface area (Å²) < 4.78 is 39.8. The number of halogens is 3. The molecule has 1 unspecified atom stereocenters. The standard InChI is InChI=1S/C17H15F3N6O2/c1-23-15(27)24(10-17(18,19)20)16(28)26(23)12-4-5-14-11(7-12)9-25(22-14)13-3-2-6-21-8-13/h2-9,15,27H,10H2,1H3. The van der Waals surface area contributed by atoms with Crippen LogP contribution in [0.25, 0.3) is 16.6 Å². The maximum Gasteiger partial charge on any atom is 0.406 e. The van der Waals surface area contributed by atoms with Gasteiger partial charge < -0.3 is 5.11 Å². The molecular formula is C17H15F3N6O2. The minimum absolute atomic E-state index is 0.314. The second kappa shape index (κ2) is 6.46. The van der Waals surface area contributed by atoms with Crippen molar-refractivity contribution in [1.82, 2.24) is 24.7 Å². The molecule has 0 spiro atoms. The molecule has 1 fully saturated rings. The summed E-state index contributed by atoms with van der Waals surface area (Å²) >= 11 is 0. The van der Waals surface area contributed by atoms with E-state index in [-0.39, 0.29) is 0 Å². The maximum atomic E-state index is 12.7. The average Bonchev–Trinajstić information content (AvgIpc) is 3.16. The van der Waals surface area contributed by atoms with Gasteiger partial charge in [-0.2, -0.15) is 23.3 Å². The van der Waals surface area contributed by atoms with E-state index < -0.39 is 25.1 Å². The fraction of sp³-hybridized carbons (Fsp3) is 0.235. The number of anilines is 1. The van der Waals surface area contributed by atoms with Crippen LogP contribution in [0.5, 0.6) is 0 Å². The van der Waals surface area contributed by atoms with Crippen LogP contribution in [0.1, 0.15) is 0 Å². The van der Waals surface area contributed by atoms with Crippen LogP contribution in [0.4, 0.5) is 23.7 Å².